The molecule has 1 saturated heterocycles. The van der Waals surface area contributed by atoms with E-state index in [1.807, 2.05) is 32.2 Å². The number of ether oxygens (including phenoxy) is 1. The average molecular weight is 342 g/mol. The summed E-state index contributed by atoms with van der Waals surface area (Å²) in [5, 5.41) is 0. The van der Waals surface area contributed by atoms with E-state index in [0.29, 0.717) is 19.6 Å². The van der Waals surface area contributed by atoms with Crippen LogP contribution in [0.5, 0.6) is 0 Å². The minimum Gasteiger partial charge on any atom is -0.464 e. The minimum absolute atomic E-state index is 0.0502. The van der Waals surface area contributed by atoms with Gasteiger partial charge in [0.2, 0.25) is 5.91 Å². The van der Waals surface area contributed by atoms with Gasteiger partial charge in [0.05, 0.1) is 25.7 Å². The van der Waals surface area contributed by atoms with Crippen LogP contribution >= 0.6 is 0 Å². The van der Waals surface area contributed by atoms with Crippen LogP contribution in [0.25, 0.3) is 0 Å². The summed E-state index contributed by atoms with van der Waals surface area (Å²) in [7, 11) is 1.81. The molecule has 1 aliphatic heterocycles. The van der Waals surface area contributed by atoms with E-state index < -0.39 is 0 Å². The fraction of sp³-hybridized carbons (Fsp3) is 0.450. The zero-order chi connectivity index (χ0) is 17.6. The van der Waals surface area contributed by atoms with Crippen LogP contribution in [0.4, 0.5) is 0 Å². The normalized spacial score (nSPS) is 18.2. The maximum Gasteiger partial charge on any atom is 0.225 e. The van der Waals surface area contributed by atoms with Gasteiger partial charge in [-0.25, -0.2) is 0 Å². The van der Waals surface area contributed by atoms with Gasteiger partial charge in [0, 0.05) is 26.7 Å². The Hall–Kier alpha value is -2.11. The Balaban J connectivity index is 1.48. The summed E-state index contributed by atoms with van der Waals surface area (Å²) in [4.78, 5) is 16.5. The number of nitrogens with zero attached hydrogens (tertiary/aromatic N) is 2. The first-order valence-electron chi connectivity index (χ1n) is 8.77. The number of hydrogen-bond donors (Lipinski definition) is 0. The van der Waals surface area contributed by atoms with Gasteiger partial charge in [0.15, 0.2) is 0 Å². The summed E-state index contributed by atoms with van der Waals surface area (Å²) in [6.07, 6.45) is 0.354. The molecule has 0 bridgehead atoms. The molecule has 25 heavy (non-hydrogen) atoms. The van der Waals surface area contributed by atoms with Gasteiger partial charge < -0.3 is 14.1 Å². The summed E-state index contributed by atoms with van der Waals surface area (Å²) >= 11 is 0. The zero-order valence-electron chi connectivity index (χ0n) is 15.0. The molecule has 134 valence electrons. The molecular formula is C20H26N2O3. The van der Waals surface area contributed by atoms with Crippen molar-refractivity contribution in [1.82, 2.24) is 9.80 Å². The molecule has 1 amide bonds. The smallest absolute Gasteiger partial charge is 0.225 e. The summed E-state index contributed by atoms with van der Waals surface area (Å²) in [5.41, 5.74) is 1.29. The van der Waals surface area contributed by atoms with Crippen molar-refractivity contribution in [2.75, 3.05) is 26.7 Å². The highest BCUT2D eigenvalue weighted by molar-refractivity contribution is 5.76. The fourth-order valence-corrected chi connectivity index (χ4v) is 3.13. The molecule has 0 aliphatic carbocycles. The zero-order valence-corrected chi connectivity index (χ0v) is 15.0. The molecule has 2 heterocycles. The molecule has 1 atom stereocenters. The molecule has 0 saturated carbocycles. The average Bonchev–Trinajstić information content (AvgIpc) is 3.01. The van der Waals surface area contributed by atoms with Crippen molar-refractivity contribution in [1.29, 1.82) is 0 Å². The van der Waals surface area contributed by atoms with Crippen molar-refractivity contribution in [3.05, 3.63) is 59.5 Å². The second-order valence-electron chi connectivity index (χ2n) is 6.68. The summed E-state index contributed by atoms with van der Waals surface area (Å²) in [6, 6.07) is 14.2. The lowest BCUT2D eigenvalue weighted by Crippen LogP contribution is -2.44. The van der Waals surface area contributed by atoms with Gasteiger partial charge in [0.1, 0.15) is 11.5 Å². The highest BCUT2D eigenvalue weighted by Crippen LogP contribution is 2.15. The van der Waals surface area contributed by atoms with E-state index in [0.717, 1.165) is 31.2 Å². The lowest BCUT2D eigenvalue weighted by Gasteiger charge is -2.33. The van der Waals surface area contributed by atoms with E-state index in [-0.39, 0.29) is 12.0 Å². The molecule has 1 fully saturated rings. The minimum atomic E-state index is -0.0502. The Labute approximate surface area is 149 Å². The highest BCUT2D eigenvalue weighted by Gasteiger charge is 2.24. The molecule has 1 aromatic carbocycles. The highest BCUT2D eigenvalue weighted by atomic mass is 16.5. The Bertz CT molecular complexity index is 683. The number of carbonyl (C=O) groups excluding carboxylic acids is 1. The fourth-order valence-electron chi connectivity index (χ4n) is 3.13. The van der Waals surface area contributed by atoms with E-state index in [4.69, 9.17) is 9.15 Å². The molecule has 0 spiro atoms. The van der Waals surface area contributed by atoms with Gasteiger partial charge in [-0.3, -0.25) is 9.69 Å². The number of benzene rings is 1. The van der Waals surface area contributed by atoms with Gasteiger partial charge in [-0.05, 0) is 24.6 Å². The van der Waals surface area contributed by atoms with Gasteiger partial charge >= 0.3 is 0 Å². The largest absolute Gasteiger partial charge is 0.464 e. The van der Waals surface area contributed by atoms with Crippen LogP contribution in [0, 0.1) is 6.92 Å². The Morgan fingerprint density at radius 3 is 2.76 bits per heavy atom. The summed E-state index contributed by atoms with van der Waals surface area (Å²) < 4.78 is 11.4. The second kappa shape index (κ2) is 8.32. The monoisotopic (exact) mass is 342 g/mol. The lowest BCUT2D eigenvalue weighted by molar-refractivity contribution is -0.135. The number of amides is 1. The van der Waals surface area contributed by atoms with E-state index in [2.05, 4.69) is 29.2 Å². The number of hydrogen-bond acceptors (Lipinski definition) is 4. The van der Waals surface area contributed by atoms with Crippen molar-refractivity contribution >= 4 is 5.91 Å². The topological polar surface area (TPSA) is 45.9 Å². The molecular weight excluding hydrogens is 316 g/mol. The number of furan rings is 1. The SMILES string of the molecule is Cc1ccc(CN(C)C(=O)C[C@@H]2CN(Cc3ccccc3)CCO2)o1. The Morgan fingerprint density at radius 1 is 1.24 bits per heavy atom. The first kappa shape index (κ1) is 17.7. The molecule has 2 aromatic rings. The van der Waals surface area contributed by atoms with Crippen molar-refractivity contribution in [2.45, 2.75) is 32.5 Å². The van der Waals surface area contributed by atoms with Crippen LogP contribution in [0.15, 0.2) is 46.9 Å². The quantitative estimate of drug-likeness (QED) is 0.810. The standard InChI is InChI=1S/C20H26N2O3/c1-16-8-9-18(25-16)14-21(2)20(23)12-19-15-22(10-11-24-19)13-17-6-4-3-5-7-17/h3-9,19H,10-15H2,1-2H3/t19-/m1/s1. The maximum atomic E-state index is 12.5. The first-order valence-corrected chi connectivity index (χ1v) is 8.77. The van der Waals surface area contributed by atoms with Gasteiger partial charge in [-0.15, -0.1) is 0 Å². The van der Waals surface area contributed by atoms with Crippen molar-refractivity contribution < 1.29 is 13.9 Å². The van der Waals surface area contributed by atoms with Crippen molar-refractivity contribution in [2.24, 2.45) is 0 Å². The van der Waals surface area contributed by atoms with Crippen LogP contribution in [0.3, 0.4) is 0 Å². The van der Waals surface area contributed by atoms with Crippen LogP contribution in [-0.2, 0) is 22.6 Å². The lowest BCUT2D eigenvalue weighted by atomic mass is 10.1. The molecule has 5 nitrogen and oxygen atoms in total. The third-order valence-corrected chi connectivity index (χ3v) is 4.49. The van der Waals surface area contributed by atoms with Crippen LogP contribution in [-0.4, -0.2) is 48.6 Å². The second-order valence-corrected chi connectivity index (χ2v) is 6.68. The van der Waals surface area contributed by atoms with Gasteiger partial charge in [-0.2, -0.15) is 0 Å². The van der Waals surface area contributed by atoms with Crippen molar-refractivity contribution in [3.8, 4) is 0 Å². The molecule has 0 N–H and O–H groups in total. The first-order chi connectivity index (χ1) is 12.1. The predicted octanol–water partition coefficient (Wildman–Crippen LogP) is 2.84. The van der Waals surface area contributed by atoms with Gasteiger partial charge in [0.25, 0.3) is 0 Å². The molecule has 0 unspecified atom stereocenters. The molecule has 3 rings (SSSR count). The number of morpholine rings is 1. The van der Waals surface area contributed by atoms with E-state index >= 15 is 0 Å². The third kappa shape index (κ3) is 5.18. The number of carbonyl (C=O) groups is 1. The van der Waals surface area contributed by atoms with Gasteiger partial charge in [-0.1, -0.05) is 30.3 Å². The molecule has 1 aliphatic rings. The predicted molar refractivity (Wildman–Crippen MR) is 96.0 cm³/mol. The number of aryl methyl sites for hydroxylation is 1. The number of rotatable bonds is 6. The van der Waals surface area contributed by atoms with E-state index in [1.165, 1.54) is 5.56 Å². The van der Waals surface area contributed by atoms with E-state index in [1.54, 1.807) is 4.90 Å². The Kier molecular flexibility index (Phi) is 5.89. The summed E-state index contributed by atoms with van der Waals surface area (Å²) in [6.45, 7) is 5.66. The van der Waals surface area contributed by atoms with Crippen LogP contribution in [0.1, 0.15) is 23.5 Å². The van der Waals surface area contributed by atoms with E-state index in [9.17, 15) is 4.79 Å². The maximum absolute atomic E-state index is 12.5. The van der Waals surface area contributed by atoms with Crippen LogP contribution < -0.4 is 0 Å². The Morgan fingerprint density at radius 2 is 2.04 bits per heavy atom. The molecule has 1 aromatic heterocycles. The summed E-state index contributed by atoms with van der Waals surface area (Å²) in [5.74, 6) is 1.76. The van der Waals surface area contributed by atoms with Crippen LogP contribution in [0.2, 0.25) is 0 Å². The van der Waals surface area contributed by atoms with Crippen molar-refractivity contribution in [3.63, 3.8) is 0 Å². The third-order valence-electron chi connectivity index (χ3n) is 4.49. The molecule has 5 heteroatoms. The molecule has 0 radical (unpaired) electrons.